The average molecular weight is 420 g/mol. The summed E-state index contributed by atoms with van der Waals surface area (Å²) in [7, 11) is -1.56. The standard InChI is InChI=1S/C19H20N2O7S/c1-12(21-29(25,26)16-7-5-4-6-8-16)17(22)20-15-10-13(18(23)27-2)9-14(11-15)19(24)28-3/h4-12,21H,1-3H3,(H,20,22)/t12-/m0/s1. The van der Waals surface area contributed by atoms with Crippen LogP contribution in [0.3, 0.4) is 0 Å². The van der Waals surface area contributed by atoms with Crippen molar-refractivity contribution >= 4 is 33.6 Å². The Balaban J connectivity index is 2.22. The first-order chi connectivity index (χ1) is 13.7. The van der Waals surface area contributed by atoms with Crippen molar-refractivity contribution in [1.29, 1.82) is 0 Å². The quantitative estimate of drug-likeness (QED) is 0.651. The van der Waals surface area contributed by atoms with E-state index in [9.17, 15) is 22.8 Å². The largest absolute Gasteiger partial charge is 0.465 e. The first-order valence-corrected chi connectivity index (χ1v) is 9.86. The van der Waals surface area contributed by atoms with Gasteiger partial charge in [0.15, 0.2) is 0 Å². The molecule has 0 aliphatic rings. The molecule has 0 unspecified atom stereocenters. The number of amides is 1. The van der Waals surface area contributed by atoms with Gasteiger partial charge in [-0.15, -0.1) is 0 Å². The molecule has 1 atom stereocenters. The van der Waals surface area contributed by atoms with Gasteiger partial charge >= 0.3 is 11.9 Å². The van der Waals surface area contributed by atoms with Crippen LogP contribution in [0.1, 0.15) is 27.6 Å². The van der Waals surface area contributed by atoms with Crippen LogP contribution in [0.25, 0.3) is 0 Å². The second-order valence-corrected chi connectivity index (χ2v) is 7.64. The summed E-state index contributed by atoms with van der Waals surface area (Å²) in [5.74, 6) is -2.13. The molecular weight excluding hydrogens is 400 g/mol. The van der Waals surface area contributed by atoms with Crippen molar-refractivity contribution in [2.45, 2.75) is 17.9 Å². The maximum Gasteiger partial charge on any atom is 0.337 e. The molecule has 2 aromatic rings. The third-order valence-electron chi connectivity index (χ3n) is 3.82. The lowest BCUT2D eigenvalue weighted by atomic mass is 10.1. The molecule has 1 amide bonds. The van der Waals surface area contributed by atoms with Gasteiger partial charge in [-0.25, -0.2) is 18.0 Å². The summed E-state index contributed by atoms with van der Waals surface area (Å²) in [5, 5.41) is 2.47. The number of rotatable bonds is 7. The SMILES string of the molecule is COC(=O)c1cc(NC(=O)[C@H](C)NS(=O)(=O)c2ccccc2)cc(C(=O)OC)c1. The number of hydrogen-bond donors (Lipinski definition) is 2. The van der Waals surface area contributed by atoms with Crippen LogP contribution in [0.15, 0.2) is 53.4 Å². The molecule has 0 aliphatic carbocycles. The Kier molecular flexibility index (Phi) is 7.08. The van der Waals surface area contributed by atoms with Crippen molar-refractivity contribution < 1.29 is 32.3 Å². The number of hydrogen-bond acceptors (Lipinski definition) is 7. The summed E-state index contributed by atoms with van der Waals surface area (Å²) >= 11 is 0. The molecule has 154 valence electrons. The molecule has 2 aromatic carbocycles. The van der Waals surface area contributed by atoms with Gasteiger partial charge in [0.2, 0.25) is 15.9 Å². The van der Waals surface area contributed by atoms with Crippen molar-refractivity contribution in [1.82, 2.24) is 4.72 Å². The summed E-state index contributed by atoms with van der Waals surface area (Å²) < 4.78 is 36.2. The summed E-state index contributed by atoms with van der Waals surface area (Å²) in [4.78, 5) is 36.1. The molecule has 29 heavy (non-hydrogen) atoms. The number of anilines is 1. The second kappa shape index (κ2) is 9.30. The van der Waals surface area contributed by atoms with Gasteiger partial charge in [-0.2, -0.15) is 4.72 Å². The third kappa shape index (κ3) is 5.62. The fourth-order valence-electron chi connectivity index (χ4n) is 2.38. The number of carbonyl (C=O) groups excluding carboxylic acids is 3. The molecular formula is C19H20N2O7S. The van der Waals surface area contributed by atoms with Gasteiger partial charge in [0.05, 0.1) is 36.3 Å². The summed E-state index contributed by atoms with van der Waals surface area (Å²) in [5.41, 5.74) is 0.135. The number of sulfonamides is 1. The van der Waals surface area contributed by atoms with E-state index in [0.29, 0.717) is 0 Å². The molecule has 9 nitrogen and oxygen atoms in total. The molecule has 0 spiro atoms. The Morgan fingerprint density at radius 1 is 0.897 bits per heavy atom. The van der Waals surface area contributed by atoms with Crippen LogP contribution in [-0.2, 0) is 24.3 Å². The van der Waals surface area contributed by atoms with Gasteiger partial charge in [-0.05, 0) is 37.3 Å². The summed E-state index contributed by atoms with van der Waals surface area (Å²) in [6, 6.07) is 10.3. The Morgan fingerprint density at radius 3 is 1.90 bits per heavy atom. The van der Waals surface area contributed by atoms with E-state index >= 15 is 0 Å². The van der Waals surface area contributed by atoms with E-state index < -0.39 is 33.9 Å². The van der Waals surface area contributed by atoms with Crippen molar-refractivity contribution in [3.63, 3.8) is 0 Å². The van der Waals surface area contributed by atoms with Crippen LogP contribution in [0.4, 0.5) is 5.69 Å². The summed E-state index contributed by atoms with van der Waals surface area (Å²) in [6.45, 7) is 1.36. The zero-order valence-corrected chi connectivity index (χ0v) is 16.8. The normalized spacial score (nSPS) is 12.0. The van der Waals surface area contributed by atoms with Gasteiger partial charge in [-0.3, -0.25) is 4.79 Å². The molecule has 0 heterocycles. The molecule has 10 heteroatoms. The number of benzene rings is 2. The van der Waals surface area contributed by atoms with Crippen molar-refractivity contribution in [3.05, 3.63) is 59.7 Å². The van der Waals surface area contributed by atoms with Gasteiger partial charge in [0.1, 0.15) is 0 Å². The van der Waals surface area contributed by atoms with Crippen molar-refractivity contribution in [2.75, 3.05) is 19.5 Å². The molecule has 0 bridgehead atoms. The number of nitrogens with one attached hydrogen (secondary N) is 2. The maximum absolute atomic E-state index is 12.5. The lowest BCUT2D eigenvalue weighted by Crippen LogP contribution is -2.41. The van der Waals surface area contributed by atoms with Crippen LogP contribution in [0.5, 0.6) is 0 Å². The van der Waals surface area contributed by atoms with E-state index in [0.717, 1.165) is 0 Å². The lowest BCUT2D eigenvalue weighted by Gasteiger charge is -2.15. The highest BCUT2D eigenvalue weighted by Gasteiger charge is 2.23. The molecule has 2 rings (SSSR count). The van der Waals surface area contributed by atoms with E-state index in [1.807, 2.05) is 0 Å². The Bertz CT molecular complexity index is 986. The smallest absolute Gasteiger partial charge is 0.337 e. The molecule has 0 radical (unpaired) electrons. The first kappa shape index (κ1) is 22.1. The first-order valence-electron chi connectivity index (χ1n) is 8.38. The fraction of sp³-hybridized carbons (Fsp3) is 0.211. The number of methoxy groups -OCH3 is 2. The van der Waals surface area contributed by atoms with Gasteiger partial charge < -0.3 is 14.8 Å². The minimum Gasteiger partial charge on any atom is -0.465 e. The van der Waals surface area contributed by atoms with E-state index in [2.05, 4.69) is 19.5 Å². The lowest BCUT2D eigenvalue weighted by molar-refractivity contribution is -0.117. The minimum atomic E-state index is -3.91. The Labute approximate surface area is 168 Å². The van der Waals surface area contributed by atoms with E-state index in [4.69, 9.17) is 0 Å². The predicted octanol–water partition coefficient (Wildman–Crippen LogP) is 1.57. The molecule has 0 saturated heterocycles. The van der Waals surface area contributed by atoms with Crippen LogP contribution >= 0.6 is 0 Å². The van der Waals surface area contributed by atoms with E-state index in [1.54, 1.807) is 18.2 Å². The summed E-state index contributed by atoms with van der Waals surface area (Å²) in [6.07, 6.45) is 0. The molecule has 0 fully saturated rings. The molecule has 0 aromatic heterocycles. The van der Waals surface area contributed by atoms with Crippen LogP contribution in [0, 0.1) is 0 Å². The van der Waals surface area contributed by atoms with Crippen molar-refractivity contribution in [2.24, 2.45) is 0 Å². The van der Waals surface area contributed by atoms with Gasteiger partial charge in [-0.1, -0.05) is 18.2 Å². The zero-order chi connectivity index (χ0) is 21.6. The monoisotopic (exact) mass is 420 g/mol. The zero-order valence-electron chi connectivity index (χ0n) is 16.0. The topological polar surface area (TPSA) is 128 Å². The fourth-order valence-corrected chi connectivity index (χ4v) is 3.60. The predicted molar refractivity (Wildman–Crippen MR) is 104 cm³/mol. The highest BCUT2D eigenvalue weighted by Crippen LogP contribution is 2.18. The number of esters is 2. The Morgan fingerprint density at radius 2 is 1.41 bits per heavy atom. The maximum atomic E-state index is 12.5. The van der Waals surface area contributed by atoms with Crippen molar-refractivity contribution in [3.8, 4) is 0 Å². The molecule has 0 aliphatic heterocycles. The average Bonchev–Trinajstić information content (AvgIpc) is 2.72. The number of carbonyl (C=O) groups is 3. The number of ether oxygens (including phenoxy) is 2. The Hall–Kier alpha value is -3.24. The molecule has 0 saturated carbocycles. The highest BCUT2D eigenvalue weighted by molar-refractivity contribution is 7.89. The minimum absolute atomic E-state index is 0.0142. The highest BCUT2D eigenvalue weighted by atomic mass is 32.2. The van der Waals surface area contributed by atoms with Crippen LogP contribution in [0.2, 0.25) is 0 Å². The van der Waals surface area contributed by atoms with Gasteiger partial charge in [0, 0.05) is 5.69 Å². The van der Waals surface area contributed by atoms with Crippen LogP contribution < -0.4 is 10.0 Å². The molecule has 2 N–H and O–H groups in total. The van der Waals surface area contributed by atoms with Gasteiger partial charge in [0.25, 0.3) is 0 Å². The van der Waals surface area contributed by atoms with E-state index in [-0.39, 0.29) is 21.7 Å². The van der Waals surface area contributed by atoms with E-state index in [1.165, 1.54) is 51.5 Å². The second-order valence-electron chi connectivity index (χ2n) is 5.93. The third-order valence-corrected chi connectivity index (χ3v) is 5.38. The van der Waals surface area contributed by atoms with Crippen LogP contribution in [-0.4, -0.2) is 46.5 Å².